The molecule has 1 heterocycles. The van der Waals surface area contributed by atoms with Gasteiger partial charge in [0.05, 0.1) is 18.5 Å². The van der Waals surface area contributed by atoms with Crippen LogP contribution in [0.2, 0.25) is 0 Å². The minimum atomic E-state index is -3.00. The van der Waals surface area contributed by atoms with Gasteiger partial charge in [-0.15, -0.1) is 5.10 Å². The summed E-state index contributed by atoms with van der Waals surface area (Å²) in [6.45, 7) is 5.00. The molecule has 0 aliphatic carbocycles. The maximum atomic E-state index is 11.0. The van der Waals surface area contributed by atoms with Crippen LogP contribution in [-0.2, 0) is 25.9 Å². The van der Waals surface area contributed by atoms with Crippen molar-refractivity contribution in [3.8, 4) is 0 Å². The lowest BCUT2D eigenvalue weighted by Crippen LogP contribution is -2.11. The van der Waals surface area contributed by atoms with Crippen molar-refractivity contribution in [2.45, 2.75) is 26.7 Å². The van der Waals surface area contributed by atoms with Crippen molar-refractivity contribution in [1.29, 1.82) is 0 Å². The molecule has 0 saturated carbocycles. The van der Waals surface area contributed by atoms with E-state index in [0.29, 0.717) is 18.9 Å². The van der Waals surface area contributed by atoms with Crippen LogP contribution in [0.4, 0.5) is 0 Å². The van der Waals surface area contributed by atoms with Crippen LogP contribution in [0.1, 0.15) is 25.8 Å². The summed E-state index contributed by atoms with van der Waals surface area (Å²) in [6.07, 6.45) is 2.28. The Morgan fingerprint density at radius 3 is 2.44 bits per heavy atom. The fraction of sp³-hybridized carbons (Fsp3) is 0.800. The van der Waals surface area contributed by atoms with E-state index in [1.807, 2.05) is 13.8 Å². The number of hydrogen-bond donors (Lipinski definition) is 0. The van der Waals surface area contributed by atoms with Crippen molar-refractivity contribution < 1.29 is 17.9 Å². The smallest absolute Gasteiger partial charge is 0.204 e. The van der Waals surface area contributed by atoms with Crippen LogP contribution in [0.3, 0.4) is 0 Å². The van der Waals surface area contributed by atoms with Gasteiger partial charge >= 0.3 is 0 Å². The first-order valence-corrected chi connectivity index (χ1v) is 7.83. The van der Waals surface area contributed by atoms with E-state index in [0.717, 1.165) is 0 Å². The van der Waals surface area contributed by atoms with Crippen LogP contribution >= 0.6 is 0 Å². The van der Waals surface area contributed by atoms with Crippen LogP contribution in [0.5, 0.6) is 0 Å². The molecule has 1 aromatic rings. The molecule has 0 unspecified atom stereocenters. The lowest BCUT2D eigenvalue weighted by Gasteiger charge is -2.13. The molecule has 0 atom stereocenters. The molecule has 104 valence electrons. The largest absolute Gasteiger partial charge is 0.347 e. The summed E-state index contributed by atoms with van der Waals surface area (Å²) in [7, 11) is -3.00. The van der Waals surface area contributed by atoms with Crippen molar-refractivity contribution in [2.24, 2.45) is 0 Å². The second kappa shape index (κ2) is 6.81. The maximum Gasteiger partial charge on any atom is 0.204 e. The molecule has 1 aromatic heterocycles. The second-order valence-electron chi connectivity index (χ2n) is 3.78. The zero-order valence-corrected chi connectivity index (χ0v) is 11.7. The summed E-state index contributed by atoms with van der Waals surface area (Å²) in [5.41, 5.74) is 0.548. The summed E-state index contributed by atoms with van der Waals surface area (Å²) in [5, 5.41) is 7.77. The second-order valence-corrected chi connectivity index (χ2v) is 6.04. The number of nitrogens with zero attached hydrogens (tertiary/aromatic N) is 3. The highest BCUT2D eigenvalue weighted by molar-refractivity contribution is 7.90. The minimum Gasteiger partial charge on any atom is -0.347 e. The fourth-order valence-corrected chi connectivity index (χ4v) is 1.83. The Kier molecular flexibility index (Phi) is 5.70. The molecule has 18 heavy (non-hydrogen) atoms. The number of rotatable bonds is 8. The van der Waals surface area contributed by atoms with Crippen LogP contribution in [0.15, 0.2) is 6.20 Å². The Labute approximate surface area is 107 Å². The molecule has 0 bridgehead atoms. The monoisotopic (exact) mass is 277 g/mol. The van der Waals surface area contributed by atoms with Gasteiger partial charge in [0, 0.05) is 19.5 Å². The van der Waals surface area contributed by atoms with E-state index in [1.54, 1.807) is 6.20 Å². The summed E-state index contributed by atoms with van der Waals surface area (Å²) >= 11 is 0. The van der Waals surface area contributed by atoms with E-state index >= 15 is 0 Å². The number of sulfone groups is 1. The Balaban J connectivity index is 2.65. The first kappa shape index (κ1) is 15.1. The topological polar surface area (TPSA) is 83.3 Å². The third-order valence-corrected chi connectivity index (χ3v) is 3.05. The van der Waals surface area contributed by atoms with Crippen LogP contribution < -0.4 is 0 Å². The molecule has 0 aliphatic rings. The predicted octanol–water partition coefficient (Wildman–Crippen LogP) is 0.394. The summed E-state index contributed by atoms with van der Waals surface area (Å²) in [6, 6.07) is 0. The SMILES string of the molecule is CCOC(OCC)c1cn(CCS(C)(=O)=O)nn1. The quantitative estimate of drug-likeness (QED) is 0.639. The predicted molar refractivity (Wildman–Crippen MR) is 65.7 cm³/mol. The molecule has 0 aromatic carbocycles. The molecule has 0 N–H and O–H groups in total. The van der Waals surface area contributed by atoms with E-state index in [4.69, 9.17) is 9.47 Å². The van der Waals surface area contributed by atoms with Gasteiger partial charge in [0.25, 0.3) is 0 Å². The molecule has 0 spiro atoms. The number of aryl methyl sites for hydroxylation is 1. The first-order valence-electron chi connectivity index (χ1n) is 5.77. The molecular formula is C10H19N3O4S. The normalized spacial score (nSPS) is 12.2. The third kappa shape index (κ3) is 5.11. The van der Waals surface area contributed by atoms with Gasteiger partial charge in [-0.2, -0.15) is 0 Å². The molecule has 7 nitrogen and oxygen atoms in total. The van der Waals surface area contributed by atoms with Crippen LogP contribution in [-0.4, -0.2) is 48.6 Å². The lowest BCUT2D eigenvalue weighted by atomic mass is 10.4. The first-order chi connectivity index (χ1) is 8.46. The Hall–Kier alpha value is -0.990. The van der Waals surface area contributed by atoms with Gasteiger partial charge in [-0.1, -0.05) is 5.21 Å². The van der Waals surface area contributed by atoms with E-state index in [9.17, 15) is 8.42 Å². The van der Waals surface area contributed by atoms with Crippen LogP contribution in [0.25, 0.3) is 0 Å². The molecule has 0 amide bonds. The Morgan fingerprint density at radius 1 is 1.33 bits per heavy atom. The average molecular weight is 277 g/mol. The fourth-order valence-electron chi connectivity index (χ4n) is 1.31. The summed E-state index contributed by atoms with van der Waals surface area (Å²) < 4.78 is 34.3. The van der Waals surface area contributed by atoms with Crippen molar-refractivity contribution in [1.82, 2.24) is 15.0 Å². The standard InChI is InChI=1S/C10H19N3O4S/c1-4-16-10(17-5-2)9-8-13(12-11-9)6-7-18(3,14)15/h8,10H,4-7H2,1-3H3. The third-order valence-electron chi connectivity index (χ3n) is 2.13. The highest BCUT2D eigenvalue weighted by Gasteiger charge is 2.16. The van der Waals surface area contributed by atoms with E-state index in [-0.39, 0.29) is 12.3 Å². The summed E-state index contributed by atoms with van der Waals surface area (Å²) in [5.74, 6) is 0.0315. The molecule has 8 heteroatoms. The van der Waals surface area contributed by atoms with Gasteiger partial charge in [0.2, 0.25) is 6.29 Å². The molecule has 0 radical (unpaired) electrons. The molecule has 0 saturated heterocycles. The van der Waals surface area contributed by atoms with Gasteiger partial charge in [0.1, 0.15) is 15.5 Å². The molecule has 0 fully saturated rings. The van der Waals surface area contributed by atoms with Crippen molar-refractivity contribution in [2.75, 3.05) is 25.2 Å². The Bertz CT molecular complexity index is 451. The van der Waals surface area contributed by atoms with Crippen molar-refractivity contribution >= 4 is 9.84 Å². The van der Waals surface area contributed by atoms with Crippen molar-refractivity contribution in [3.63, 3.8) is 0 Å². The van der Waals surface area contributed by atoms with Gasteiger partial charge < -0.3 is 9.47 Å². The minimum absolute atomic E-state index is 0.0315. The van der Waals surface area contributed by atoms with E-state index in [1.165, 1.54) is 10.9 Å². The van der Waals surface area contributed by atoms with E-state index < -0.39 is 16.1 Å². The number of ether oxygens (including phenoxy) is 2. The molecular weight excluding hydrogens is 258 g/mol. The average Bonchev–Trinajstić information content (AvgIpc) is 2.74. The highest BCUT2D eigenvalue weighted by atomic mass is 32.2. The van der Waals surface area contributed by atoms with Gasteiger partial charge in [-0.25, -0.2) is 8.42 Å². The maximum absolute atomic E-state index is 11.0. The summed E-state index contributed by atoms with van der Waals surface area (Å²) in [4.78, 5) is 0. The van der Waals surface area contributed by atoms with Crippen molar-refractivity contribution in [3.05, 3.63) is 11.9 Å². The van der Waals surface area contributed by atoms with Crippen LogP contribution in [0, 0.1) is 0 Å². The zero-order valence-electron chi connectivity index (χ0n) is 10.9. The highest BCUT2D eigenvalue weighted by Crippen LogP contribution is 2.15. The number of hydrogen-bond acceptors (Lipinski definition) is 6. The molecule has 0 aliphatic heterocycles. The molecule has 1 rings (SSSR count). The number of aromatic nitrogens is 3. The lowest BCUT2D eigenvalue weighted by molar-refractivity contribution is -0.142. The Morgan fingerprint density at radius 2 is 1.94 bits per heavy atom. The van der Waals surface area contributed by atoms with Gasteiger partial charge in [-0.05, 0) is 13.8 Å². The van der Waals surface area contributed by atoms with E-state index in [2.05, 4.69) is 10.3 Å². The van der Waals surface area contributed by atoms with Gasteiger partial charge in [0.15, 0.2) is 0 Å². The van der Waals surface area contributed by atoms with Gasteiger partial charge in [-0.3, -0.25) is 4.68 Å². The zero-order chi connectivity index (χ0) is 13.6.